The molecule has 2 aromatic carbocycles. The van der Waals surface area contributed by atoms with E-state index in [1.807, 2.05) is 13.8 Å². The summed E-state index contributed by atoms with van der Waals surface area (Å²) < 4.78 is 6.29. The van der Waals surface area contributed by atoms with Crippen molar-refractivity contribution in [2.45, 2.75) is 26.3 Å². The number of ether oxygens (including phenoxy) is 1. The Morgan fingerprint density at radius 2 is 1.86 bits per heavy atom. The van der Waals surface area contributed by atoms with Crippen LogP contribution in [0.15, 0.2) is 47.3 Å². The van der Waals surface area contributed by atoms with Crippen LogP contribution >= 0.6 is 12.2 Å². The van der Waals surface area contributed by atoms with Crippen LogP contribution in [0.3, 0.4) is 0 Å². The van der Waals surface area contributed by atoms with E-state index in [0.717, 1.165) is 5.56 Å². The Morgan fingerprint density at radius 1 is 1.17 bits per heavy atom. The molecule has 0 aliphatic rings. The maximum atomic E-state index is 13.0. The average molecular weight is 411 g/mol. The summed E-state index contributed by atoms with van der Waals surface area (Å²) in [6, 6.07) is 11.8. The van der Waals surface area contributed by atoms with Gasteiger partial charge in [-0.2, -0.15) is 0 Å². The number of aromatic nitrogens is 2. The zero-order chi connectivity index (χ0) is 21.1. The molecule has 3 aromatic rings. The Labute approximate surface area is 172 Å². The molecule has 0 atom stereocenters. The first-order valence-corrected chi connectivity index (χ1v) is 9.47. The third-order valence-corrected chi connectivity index (χ3v) is 4.61. The number of hydrogen-bond acceptors (Lipinski definition) is 5. The summed E-state index contributed by atoms with van der Waals surface area (Å²) in [5.41, 5.74) is 1.90. The molecule has 3 rings (SSSR count). The fourth-order valence-electron chi connectivity index (χ4n) is 3.02. The minimum atomic E-state index is -0.493. The number of rotatable bonds is 5. The fraction of sp³-hybridized carbons (Fsp3) is 0.238. The van der Waals surface area contributed by atoms with Gasteiger partial charge in [0.15, 0.2) is 4.77 Å². The van der Waals surface area contributed by atoms with E-state index in [1.54, 1.807) is 36.4 Å². The second kappa shape index (κ2) is 8.40. The molecular weight excluding hydrogens is 390 g/mol. The summed E-state index contributed by atoms with van der Waals surface area (Å²) in [7, 11) is 1.29. The van der Waals surface area contributed by atoms with Crippen LogP contribution in [0.25, 0.3) is 16.6 Å². The Balaban J connectivity index is 1.97. The number of nitrogens with zero attached hydrogens (tertiary/aromatic N) is 1. The van der Waals surface area contributed by atoms with Gasteiger partial charge in [0.1, 0.15) is 0 Å². The zero-order valence-corrected chi connectivity index (χ0v) is 17.1. The van der Waals surface area contributed by atoms with Crippen molar-refractivity contribution in [3.8, 4) is 5.69 Å². The summed E-state index contributed by atoms with van der Waals surface area (Å²) in [6.07, 6.45) is 0.258. The second-order valence-electron chi connectivity index (χ2n) is 6.89. The van der Waals surface area contributed by atoms with Gasteiger partial charge in [-0.05, 0) is 62.0 Å². The van der Waals surface area contributed by atoms with Gasteiger partial charge in [0.2, 0.25) is 5.91 Å². The molecule has 0 saturated heterocycles. The number of esters is 1. The van der Waals surface area contributed by atoms with Gasteiger partial charge in [-0.1, -0.05) is 12.1 Å². The topological polar surface area (TPSA) is 93.2 Å². The number of amides is 1. The van der Waals surface area contributed by atoms with Gasteiger partial charge in [0.05, 0.1) is 35.7 Å². The lowest BCUT2D eigenvalue weighted by atomic mass is 10.1. The molecule has 1 aromatic heterocycles. The lowest BCUT2D eigenvalue weighted by molar-refractivity contribution is -0.120. The highest BCUT2D eigenvalue weighted by molar-refractivity contribution is 7.71. The highest BCUT2D eigenvalue weighted by Crippen LogP contribution is 2.15. The van der Waals surface area contributed by atoms with Crippen molar-refractivity contribution < 1.29 is 14.3 Å². The molecule has 7 nitrogen and oxygen atoms in total. The lowest BCUT2D eigenvalue weighted by Gasteiger charge is -2.11. The van der Waals surface area contributed by atoms with Crippen molar-refractivity contribution in [1.82, 2.24) is 14.9 Å². The van der Waals surface area contributed by atoms with Crippen LogP contribution in [0.4, 0.5) is 0 Å². The monoisotopic (exact) mass is 411 g/mol. The van der Waals surface area contributed by atoms with E-state index in [1.165, 1.54) is 17.7 Å². The SMILES string of the molecule is COC(=O)c1ccc2c(=O)n(-c3ccc(CC(=O)NC(C)C)cc3)c(=S)[nH]c2c1. The molecule has 0 radical (unpaired) electrons. The molecule has 150 valence electrons. The molecule has 0 aliphatic carbocycles. The number of carbonyl (C=O) groups is 2. The Bertz CT molecular complexity index is 1190. The van der Waals surface area contributed by atoms with E-state index in [0.29, 0.717) is 22.2 Å². The van der Waals surface area contributed by atoms with Crippen molar-refractivity contribution in [3.05, 3.63) is 68.7 Å². The van der Waals surface area contributed by atoms with Crippen LogP contribution in [-0.4, -0.2) is 34.6 Å². The second-order valence-corrected chi connectivity index (χ2v) is 7.27. The number of H-pyrrole nitrogens is 1. The van der Waals surface area contributed by atoms with Crippen LogP contribution in [0.5, 0.6) is 0 Å². The van der Waals surface area contributed by atoms with Crippen molar-refractivity contribution in [1.29, 1.82) is 0 Å². The molecule has 0 fully saturated rings. The molecule has 1 heterocycles. The van der Waals surface area contributed by atoms with E-state index in [2.05, 4.69) is 10.3 Å². The Kier molecular flexibility index (Phi) is 5.93. The van der Waals surface area contributed by atoms with Gasteiger partial charge in [-0.25, -0.2) is 4.79 Å². The maximum absolute atomic E-state index is 13.0. The molecule has 0 aliphatic heterocycles. The van der Waals surface area contributed by atoms with E-state index in [9.17, 15) is 14.4 Å². The number of carbonyl (C=O) groups excluding carboxylic acids is 2. The standard InChI is InChI=1S/C21H21N3O4S/c1-12(2)22-18(25)10-13-4-7-15(8-5-13)24-19(26)16-9-6-14(20(27)28-3)11-17(16)23-21(24)29/h4-9,11-12H,10H2,1-3H3,(H,22,25)(H,23,29). The van der Waals surface area contributed by atoms with Crippen LogP contribution < -0.4 is 10.9 Å². The summed E-state index contributed by atoms with van der Waals surface area (Å²) in [4.78, 5) is 39.6. The largest absolute Gasteiger partial charge is 0.465 e. The molecule has 0 unspecified atom stereocenters. The van der Waals surface area contributed by atoms with Crippen LogP contribution in [0.1, 0.15) is 29.8 Å². The van der Waals surface area contributed by atoms with Crippen molar-refractivity contribution in [2.24, 2.45) is 0 Å². The van der Waals surface area contributed by atoms with E-state index >= 15 is 0 Å². The Morgan fingerprint density at radius 3 is 2.48 bits per heavy atom. The predicted molar refractivity (Wildman–Crippen MR) is 113 cm³/mol. The number of hydrogen-bond donors (Lipinski definition) is 2. The average Bonchev–Trinajstić information content (AvgIpc) is 2.67. The normalized spacial score (nSPS) is 10.9. The summed E-state index contributed by atoms with van der Waals surface area (Å²) in [5.74, 6) is -0.554. The third kappa shape index (κ3) is 4.43. The van der Waals surface area contributed by atoms with Crippen LogP contribution in [0.2, 0.25) is 0 Å². The van der Waals surface area contributed by atoms with E-state index < -0.39 is 5.97 Å². The Hall–Kier alpha value is -3.26. The summed E-state index contributed by atoms with van der Waals surface area (Å²) >= 11 is 5.36. The number of nitrogens with one attached hydrogen (secondary N) is 2. The predicted octanol–water partition coefficient (Wildman–Crippen LogP) is 2.90. The first-order chi connectivity index (χ1) is 13.8. The number of methoxy groups -OCH3 is 1. The molecule has 8 heteroatoms. The zero-order valence-electron chi connectivity index (χ0n) is 16.3. The minimum Gasteiger partial charge on any atom is -0.465 e. The highest BCUT2D eigenvalue weighted by atomic mass is 32.1. The first-order valence-electron chi connectivity index (χ1n) is 9.06. The maximum Gasteiger partial charge on any atom is 0.337 e. The first kappa shape index (κ1) is 20.5. The molecule has 0 bridgehead atoms. The van der Waals surface area contributed by atoms with Gasteiger partial charge in [0, 0.05) is 6.04 Å². The van der Waals surface area contributed by atoms with Gasteiger partial charge >= 0.3 is 5.97 Å². The molecule has 29 heavy (non-hydrogen) atoms. The smallest absolute Gasteiger partial charge is 0.337 e. The minimum absolute atomic E-state index is 0.0608. The summed E-state index contributed by atoms with van der Waals surface area (Å²) in [5, 5.41) is 3.24. The van der Waals surface area contributed by atoms with E-state index in [4.69, 9.17) is 17.0 Å². The van der Waals surface area contributed by atoms with E-state index in [-0.39, 0.29) is 28.7 Å². The molecule has 0 spiro atoms. The third-order valence-electron chi connectivity index (χ3n) is 4.33. The van der Waals surface area contributed by atoms with Crippen molar-refractivity contribution in [2.75, 3.05) is 7.11 Å². The number of aromatic amines is 1. The van der Waals surface area contributed by atoms with Crippen molar-refractivity contribution in [3.63, 3.8) is 0 Å². The summed E-state index contributed by atoms with van der Waals surface area (Å²) in [6.45, 7) is 3.81. The fourth-order valence-corrected chi connectivity index (χ4v) is 3.32. The van der Waals surface area contributed by atoms with Gasteiger partial charge in [-0.3, -0.25) is 14.2 Å². The lowest BCUT2D eigenvalue weighted by Crippen LogP contribution is -2.31. The van der Waals surface area contributed by atoms with Crippen molar-refractivity contribution >= 4 is 35.0 Å². The number of benzene rings is 2. The van der Waals surface area contributed by atoms with Gasteiger partial charge in [-0.15, -0.1) is 0 Å². The highest BCUT2D eigenvalue weighted by Gasteiger charge is 2.12. The van der Waals surface area contributed by atoms with Gasteiger partial charge < -0.3 is 15.0 Å². The molecular formula is C21H21N3O4S. The van der Waals surface area contributed by atoms with Crippen LogP contribution in [0, 0.1) is 4.77 Å². The molecule has 1 amide bonds. The van der Waals surface area contributed by atoms with Crippen LogP contribution in [-0.2, 0) is 16.0 Å². The quantitative estimate of drug-likeness (QED) is 0.497. The number of fused-ring (bicyclic) bond motifs is 1. The molecule has 0 saturated carbocycles. The molecule has 2 N–H and O–H groups in total. The van der Waals surface area contributed by atoms with Gasteiger partial charge in [0.25, 0.3) is 5.56 Å².